The lowest BCUT2D eigenvalue weighted by Crippen LogP contribution is -2.38. The van der Waals surface area contributed by atoms with E-state index >= 15 is 0 Å². The summed E-state index contributed by atoms with van der Waals surface area (Å²) in [6, 6.07) is 4.08. The first-order chi connectivity index (χ1) is 8.97. The highest BCUT2D eigenvalue weighted by Crippen LogP contribution is 2.20. The molecule has 3 N–H and O–H groups in total. The highest BCUT2D eigenvalue weighted by atomic mass is 16.4. The topological polar surface area (TPSA) is 108 Å². The minimum absolute atomic E-state index is 0.108. The third-order valence-corrected chi connectivity index (χ3v) is 2.53. The number of hydrogen-bond donors (Lipinski definition) is 3. The summed E-state index contributed by atoms with van der Waals surface area (Å²) in [7, 11) is 0. The minimum atomic E-state index is -1.11. The molecule has 0 radical (unpaired) electrons. The van der Waals surface area contributed by atoms with Crippen molar-refractivity contribution in [3.05, 3.63) is 29.7 Å². The largest absolute Gasteiger partial charge is 0.480 e. The Labute approximate surface area is 108 Å². The number of H-pyrrole nitrogens is 1. The Kier molecular flexibility index (Phi) is 3.37. The van der Waals surface area contributed by atoms with Gasteiger partial charge in [-0.25, -0.2) is 0 Å². The highest BCUT2D eigenvalue weighted by Gasteiger charge is 2.18. The summed E-state index contributed by atoms with van der Waals surface area (Å²) in [5.74, 6) is -0.350. The fourth-order valence-electron chi connectivity index (χ4n) is 1.48. The molecule has 2 heterocycles. The smallest absolute Gasteiger partial charge is 0.325 e. The van der Waals surface area contributed by atoms with Crippen LogP contribution < -0.4 is 5.32 Å². The number of furan rings is 1. The van der Waals surface area contributed by atoms with E-state index in [0.29, 0.717) is 11.5 Å². The maximum Gasteiger partial charge on any atom is 0.325 e. The van der Waals surface area contributed by atoms with Gasteiger partial charge in [-0.3, -0.25) is 14.7 Å². The number of nitrogens with zero attached hydrogens (tertiary/aromatic N) is 1. The molecule has 7 nitrogen and oxygen atoms in total. The van der Waals surface area contributed by atoms with Gasteiger partial charge in [-0.2, -0.15) is 5.10 Å². The number of aromatic nitrogens is 2. The molecule has 0 spiro atoms. The molecule has 0 saturated carbocycles. The van der Waals surface area contributed by atoms with E-state index in [1.165, 1.54) is 13.0 Å². The number of carboxylic acids is 1. The normalized spacial score (nSPS) is 12.1. The lowest BCUT2D eigenvalue weighted by atomic mass is 10.2. The number of amides is 1. The first kappa shape index (κ1) is 12.9. The average molecular weight is 263 g/mol. The number of carboxylic acid groups (broad SMARTS) is 1. The van der Waals surface area contributed by atoms with Crippen LogP contribution in [0.2, 0.25) is 0 Å². The maximum absolute atomic E-state index is 11.7. The lowest BCUT2D eigenvalue weighted by Gasteiger charge is -2.06. The van der Waals surface area contributed by atoms with Gasteiger partial charge in [-0.15, -0.1) is 0 Å². The van der Waals surface area contributed by atoms with Crippen LogP contribution in [-0.2, 0) is 4.79 Å². The van der Waals surface area contributed by atoms with Crippen LogP contribution in [0.1, 0.15) is 23.2 Å². The molecule has 0 saturated heterocycles. The van der Waals surface area contributed by atoms with Gasteiger partial charge in [0.15, 0.2) is 11.5 Å². The van der Waals surface area contributed by atoms with Crippen LogP contribution in [0, 0.1) is 6.92 Å². The van der Waals surface area contributed by atoms with Gasteiger partial charge in [0.1, 0.15) is 17.5 Å². The molecule has 0 fully saturated rings. The fourth-order valence-corrected chi connectivity index (χ4v) is 1.48. The van der Waals surface area contributed by atoms with Crippen LogP contribution in [0.5, 0.6) is 0 Å². The van der Waals surface area contributed by atoms with Gasteiger partial charge < -0.3 is 14.8 Å². The highest BCUT2D eigenvalue weighted by molar-refractivity contribution is 5.95. The number of aryl methyl sites for hydroxylation is 1. The third kappa shape index (κ3) is 2.82. The Balaban J connectivity index is 2.13. The summed E-state index contributed by atoms with van der Waals surface area (Å²) in [4.78, 5) is 22.4. The summed E-state index contributed by atoms with van der Waals surface area (Å²) < 4.78 is 5.38. The molecule has 1 amide bonds. The second-order valence-corrected chi connectivity index (χ2v) is 4.11. The fraction of sp³-hybridized carbons (Fsp3) is 0.250. The SMILES string of the molecule is Cc1ccc(-c2cc(C(=O)N[C@H](C)C(=O)O)n[nH]2)o1. The zero-order valence-electron chi connectivity index (χ0n) is 10.4. The van der Waals surface area contributed by atoms with Gasteiger partial charge in [-0.1, -0.05) is 0 Å². The van der Waals surface area contributed by atoms with E-state index in [9.17, 15) is 9.59 Å². The van der Waals surface area contributed by atoms with Crippen molar-refractivity contribution < 1.29 is 19.1 Å². The molecule has 7 heteroatoms. The predicted octanol–water partition coefficient (Wildman–Crippen LogP) is 1.18. The van der Waals surface area contributed by atoms with Crippen molar-refractivity contribution >= 4 is 11.9 Å². The number of aliphatic carboxylic acids is 1. The van der Waals surface area contributed by atoms with E-state index in [0.717, 1.165) is 5.76 Å². The molecule has 2 aromatic heterocycles. The molecular formula is C12H13N3O4. The summed E-state index contributed by atoms with van der Waals surface area (Å²) in [5, 5.41) is 17.5. The minimum Gasteiger partial charge on any atom is -0.480 e. The van der Waals surface area contributed by atoms with Gasteiger partial charge in [0.25, 0.3) is 5.91 Å². The van der Waals surface area contributed by atoms with E-state index in [4.69, 9.17) is 9.52 Å². The maximum atomic E-state index is 11.7. The Morgan fingerprint density at radius 3 is 2.79 bits per heavy atom. The average Bonchev–Trinajstić information content (AvgIpc) is 2.96. The standard InChI is InChI=1S/C12H13N3O4/c1-6-3-4-10(19-6)8-5-9(15-14-8)11(16)13-7(2)12(17)18/h3-5,7H,1-2H3,(H,13,16)(H,14,15)(H,17,18)/t7-/m1/s1. The van der Waals surface area contributed by atoms with Crippen LogP contribution in [-0.4, -0.2) is 33.2 Å². The summed E-state index contributed by atoms with van der Waals surface area (Å²) in [6.45, 7) is 3.19. The van der Waals surface area contributed by atoms with Crippen molar-refractivity contribution in [1.29, 1.82) is 0 Å². The third-order valence-electron chi connectivity index (χ3n) is 2.53. The van der Waals surface area contributed by atoms with Crippen LogP contribution in [0.25, 0.3) is 11.5 Å². The molecule has 100 valence electrons. The van der Waals surface area contributed by atoms with Crippen LogP contribution in [0.3, 0.4) is 0 Å². The number of hydrogen-bond acceptors (Lipinski definition) is 4. The molecule has 2 rings (SSSR count). The van der Waals surface area contributed by atoms with E-state index in [-0.39, 0.29) is 5.69 Å². The molecule has 2 aromatic rings. The Bertz CT molecular complexity index is 614. The summed E-state index contributed by atoms with van der Waals surface area (Å²) >= 11 is 0. The quantitative estimate of drug-likeness (QED) is 0.767. The van der Waals surface area contributed by atoms with Crippen molar-refractivity contribution in [2.45, 2.75) is 19.9 Å². The molecule has 0 aromatic carbocycles. The van der Waals surface area contributed by atoms with E-state index in [2.05, 4.69) is 15.5 Å². The first-order valence-electron chi connectivity index (χ1n) is 5.63. The van der Waals surface area contributed by atoms with Gasteiger partial charge in [-0.05, 0) is 26.0 Å². The van der Waals surface area contributed by atoms with Gasteiger partial charge in [0.2, 0.25) is 0 Å². The molecule has 1 atom stereocenters. The molecule has 0 bridgehead atoms. The lowest BCUT2D eigenvalue weighted by molar-refractivity contribution is -0.138. The molecule has 0 unspecified atom stereocenters. The van der Waals surface area contributed by atoms with Gasteiger partial charge >= 0.3 is 5.97 Å². The number of carbonyl (C=O) groups excluding carboxylic acids is 1. The Hall–Kier alpha value is -2.57. The monoisotopic (exact) mass is 263 g/mol. The van der Waals surface area contributed by atoms with Crippen molar-refractivity contribution in [3.8, 4) is 11.5 Å². The second-order valence-electron chi connectivity index (χ2n) is 4.11. The molecule has 0 aliphatic heterocycles. The van der Waals surface area contributed by atoms with Crippen molar-refractivity contribution in [3.63, 3.8) is 0 Å². The molecule has 0 aliphatic rings. The van der Waals surface area contributed by atoms with Gasteiger partial charge in [0, 0.05) is 6.07 Å². The van der Waals surface area contributed by atoms with Crippen molar-refractivity contribution in [1.82, 2.24) is 15.5 Å². The second kappa shape index (κ2) is 4.97. The van der Waals surface area contributed by atoms with Crippen LogP contribution in [0.4, 0.5) is 0 Å². The van der Waals surface area contributed by atoms with Crippen LogP contribution in [0.15, 0.2) is 22.6 Å². The summed E-state index contributed by atoms with van der Waals surface area (Å²) in [6.07, 6.45) is 0. The van der Waals surface area contributed by atoms with Crippen molar-refractivity contribution in [2.24, 2.45) is 0 Å². The Morgan fingerprint density at radius 1 is 1.47 bits per heavy atom. The van der Waals surface area contributed by atoms with Gasteiger partial charge in [0.05, 0.1) is 0 Å². The summed E-state index contributed by atoms with van der Waals surface area (Å²) in [5.41, 5.74) is 0.665. The van der Waals surface area contributed by atoms with E-state index < -0.39 is 17.9 Å². The Morgan fingerprint density at radius 2 is 2.21 bits per heavy atom. The molecule has 19 heavy (non-hydrogen) atoms. The number of nitrogens with one attached hydrogen (secondary N) is 2. The zero-order valence-corrected chi connectivity index (χ0v) is 10.4. The number of rotatable bonds is 4. The molecular weight excluding hydrogens is 250 g/mol. The van der Waals surface area contributed by atoms with E-state index in [1.807, 2.05) is 6.92 Å². The molecule has 0 aliphatic carbocycles. The zero-order chi connectivity index (χ0) is 14.0. The first-order valence-corrected chi connectivity index (χ1v) is 5.63. The van der Waals surface area contributed by atoms with E-state index in [1.54, 1.807) is 12.1 Å². The number of aromatic amines is 1. The number of carbonyl (C=O) groups is 2. The van der Waals surface area contributed by atoms with Crippen LogP contribution >= 0.6 is 0 Å². The predicted molar refractivity (Wildman–Crippen MR) is 65.6 cm³/mol. The van der Waals surface area contributed by atoms with Crippen molar-refractivity contribution in [2.75, 3.05) is 0 Å².